The van der Waals surface area contributed by atoms with Gasteiger partial charge in [-0.1, -0.05) is 32.4 Å². The number of halogens is 1. The van der Waals surface area contributed by atoms with Gasteiger partial charge < -0.3 is 10.2 Å². The van der Waals surface area contributed by atoms with Gasteiger partial charge in [0.2, 0.25) is 5.91 Å². The van der Waals surface area contributed by atoms with E-state index in [-0.39, 0.29) is 17.4 Å². The highest BCUT2D eigenvalue weighted by atomic mass is 35.5. The maximum absolute atomic E-state index is 12.5. The summed E-state index contributed by atoms with van der Waals surface area (Å²) in [4.78, 5) is 32.1. The minimum atomic E-state index is -0.375. The maximum Gasteiger partial charge on any atom is 0.228 e. The summed E-state index contributed by atoms with van der Waals surface area (Å²) in [5.74, 6) is 0.846. The van der Waals surface area contributed by atoms with E-state index in [0.29, 0.717) is 23.0 Å². The molecule has 1 amide bonds. The van der Waals surface area contributed by atoms with E-state index in [1.165, 1.54) is 6.33 Å². The fourth-order valence-corrected chi connectivity index (χ4v) is 3.58. The minimum absolute atomic E-state index is 0.127. The molecule has 1 unspecified atom stereocenters. The lowest BCUT2D eigenvalue weighted by atomic mass is 9.95. The molecule has 3 aromatic heterocycles. The number of carbonyl (C=O) groups excluding carboxylic acids is 1. The SMILES string of the molecule is CC(C)(C)C(=O)N1CCC(Nc2ncnc3ccc(-c4ccc(Cl)nc4)nc23)C1. The number of carbonyl (C=O) groups is 1. The number of hydrogen-bond donors (Lipinski definition) is 1. The first-order valence-corrected chi connectivity index (χ1v) is 9.98. The van der Waals surface area contributed by atoms with Crippen LogP contribution >= 0.6 is 11.6 Å². The Balaban J connectivity index is 1.59. The number of hydrogen-bond acceptors (Lipinski definition) is 6. The van der Waals surface area contributed by atoms with Crippen molar-refractivity contribution in [2.75, 3.05) is 18.4 Å². The number of likely N-dealkylation sites (tertiary alicyclic amines) is 1. The van der Waals surface area contributed by atoms with Gasteiger partial charge in [0, 0.05) is 36.3 Å². The quantitative estimate of drug-likeness (QED) is 0.661. The van der Waals surface area contributed by atoms with E-state index in [1.807, 2.05) is 43.9 Å². The molecule has 7 nitrogen and oxygen atoms in total. The molecule has 0 saturated carbocycles. The average Bonchev–Trinajstić information content (AvgIpc) is 3.15. The van der Waals surface area contributed by atoms with Gasteiger partial charge >= 0.3 is 0 Å². The summed E-state index contributed by atoms with van der Waals surface area (Å²) in [5.41, 5.74) is 2.72. The van der Waals surface area contributed by atoms with Gasteiger partial charge in [-0.2, -0.15) is 0 Å². The van der Waals surface area contributed by atoms with E-state index in [0.717, 1.165) is 29.7 Å². The van der Waals surface area contributed by atoms with Gasteiger partial charge in [0.15, 0.2) is 5.82 Å². The van der Waals surface area contributed by atoms with Gasteiger partial charge in [0.1, 0.15) is 17.0 Å². The van der Waals surface area contributed by atoms with E-state index in [1.54, 1.807) is 12.3 Å². The first-order chi connectivity index (χ1) is 13.8. The number of pyridine rings is 2. The van der Waals surface area contributed by atoms with Crippen molar-refractivity contribution in [3.05, 3.63) is 41.9 Å². The zero-order chi connectivity index (χ0) is 20.6. The molecule has 150 valence electrons. The lowest BCUT2D eigenvalue weighted by Crippen LogP contribution is -2.39. The predicted molar refractivity (Wildman–Crippen MR) is 114 cm³/mol. The number of fused-ring (bicyclic) bond motifs is 1. The first kappa shape index (κ1) is 19.5. The van der Waals surface area contributed by atoms with Crippen LogP contribution in [0, 0.1) is 5.41 Å². The van der Waals surface area contributed by atoms with Crippen molar-refractivity contribution < 1.29 is 4.79 Å². The summed E-state index contributed by atoms with van der Waals surface area (Å²) >= 11 is 5.89. The zero-order valence-electron chi connectivity index (χ0n) is 16.7. The van der Waals surface area contributed by atoms with Crippen LogP contribution in [0.3, 0.4) is 0 Å². The van der Waals surface area contributed by atoms with Crippen molar-refractivity contribution in [2.24, 2.45) is 5.41 Å². The van der Waals surface area contributed by atoms with Gasteiger partial charge in [-0.15, -0.1) is 0 Å². The Morgan fingerprint density at radius 3 is 2.72 bits per heavy atom. The molecule has 1 N–H and O–H groups in total. The standard InChI is InChI=1S/C21H23ClN6O/c1-21(2,3)20(29)28-9-8-14(11-28)26-19-18-16(24-12-25-19)6-5-15(27-18)13-4-7-17(22)23-10-13/h4-7,10,12,14H,8-9,11H2,1-3H3,(H,24,25,26). The van der Waals surface area contributed by atoms with Crippen molar-refractivity contribution in [3.8, 4) is 11.3 Å². The normalized spacial score (nSPS) is 17.0. The van der Waals surface area contributed by atoms with Crippen LogP contribution < -0.4 is 5.32 Å². The number of anilines is 1. The van der Waals surface area contributed by atoms with Crippen LogP contribution in [-0.2, 0) is 4.79 Å². The molecule has 0 radical (unpaired) electrons. The Hall–Kier alpha value is -2.80. The molecule has 29 heavy (non-hydrogen) atoms. The molecule has 0 aromatic carbocycles. The van der Waals surface area contributed by atoms with Gasteiger partial charge in [0.25, 0.3) is 0 Å². The zero-order valence-corrected chi connectivity index (χ0v) is 17.4. The first-order valence-electron chi connectivity index (χ1n) is 9.61. The fourth-order valence-electron chi connectivity index (χ4n) is 3.46. The molecule has 1 aliphatic rings. The second-order valence-corrected chi connectivity index (χ2v) is 8.67. The van der Waals surface area contributed by atoms with Gasteiger partial charge in [-0.25, -0.2) is 19.9 Å². The molecule has 1 aliphatic heterocycles. The van der Waals surface area contributed by atoms with E-state index in [2.05, 4.69) is 20.3 Å². The molecule has 4 rings (SSSR count). The van der Waals surface area contributed by atoms with E-state index >= 15 is 0 Å². The van der Waals surface area contributed by atoms with Gasteiger partial charge in [-0.3, -0.25) is 4.79 Å². The minimum Gasteiger partial charge on any atom is -0.364 e. The second kappa shape index (κ2) is 7.55. The molecule has 0 spiro atoms. The van der Waals surface area contributed by atoms with Crippen molar-refractivity contribution in [1.29, 1.82) is 0 Å². The highest BCUT2D eigenvalue weighted by Crippen LogP contribution is 2.26. The molecule has 0 aliphatic carbocycles. The lowest BCUT2D eigenvalue weighted by Gasteiger charge is -2.25. The largest absolute Gasteiger partial charge is 0.364 e. The summed E-state index contributed by atoms with van der Waals surface area (Å²) in [6.07, 6.45) is 4.09. The molecule has 1 fully saturated rings. The van der Waals surface area contributed by atoms with Crippen LogP contribution in [0.15, 0.2) is 36.8 Å². The molecule has 1 saturated heterocycles. The van der Waals surface area contributed by atoms with Gasteiger partial charge in [-0.05, 0) is 30.7 Å². The van der Waals surface area contributed by atoms with Crippen molar-refractivity contribution in [1.82, 2.24) is 24.8 Å². The summed E-state index contributed by atoms with van der Waals surface area (Å²) < 4.78 is 0. The van der Waals surface area contributed by atoms with Crippen molar-refractivity contribution >= 4 is 34.4 Å². The smallest absolute Gasteiger partial charge is 0.228 e. The van der Waals surface area contributed by atoms with Gasteiger partial charge in [0.05, 0.1) is 11.2 Å². The Morgan fingerprint density at radius 2 is 2.00 bits per heavy atom. The van der Waals surface area contributed by atoms with Crippen LogP contribution in [-0.4, -0.2) is 49.9 Å². The van der Waals surface area contributed by atoms with Crippen molar-refractivity contribution in [2.45, 2.75) is 33.2 Å². The van der Waals surface area contributed by atoms with Crippen LogP contribution in [0.5, 0.6) is 0 Å². The molecular weight excluding hydrogens is 388 g/mol. The Bertz CT molecular complexity index is 1050. The third-order valence-corrected chi connectivity index (χ3v) is 5.19. The summed E-state index contributed by atoms with van der Waals surface area (Å²) in [5, 5.41) is 3.90. The van der Waals surface area contributed by atoms with Crippen LogP contribution in [0.4, 0.5) is 5.82 Å². The van der Waals surface area contributed by atoms with Crippen LogP contribution in [0.1, 0.15) is 27.2 Å². The van der Waals surface area contributed by atoms with Crippen molar-refractivity contribution in [3.63, 3.8) is 0 Å². The number of nitrogens with one attached hydrogen (secondary N) is 1. The average molecular weight is 411 g/mol. The molecule has 8 heteroatoms. The molecule has 0 bridgehead atoms. The predicted octanol–water partition coefficient (Wildman–Crippen LogP) is 3.80. The monoisotopic (exact) mass is 410 g/mol. The Labute approximate surface area is 174 Å². The number of amides is 1. The fraction of sp³-hybridized carbons (Fsp3) is 0.381. The third-order valence-electron chi connectivity index (χ3n) is 4.96. The Morgan fingerprint density at radius 1 is 1.17 bits per heavy atom. The topological polar surface area (TPSA) is 83.9 Å². The summed E-state index contributed by atoms with van der Waals surface area (Å²) in [7, 11) is 0. The molecule has 1 atom stereocenters. The molecule has 3 aromatic rings. The molecule has 4 heterocycles. The van der Waals surface area contributed by atoms with E-state index in [9.17, 15) is 4.79 Å². The highest BCUT2D eigenvalue weighted by Gasteiger charge is 2.33. The second-order valence-electron chi connectivity index (χ2n) is 8.29. The van der Waals surface area contributed by atoms with E-state index < -0.39 is 0 Å². The lowest BCUT2D eigenvalue weighted by molar-refractivity contribution is -0.138. The van der Waals surface area contributed by atoms with Crippen LogP contribution in [0.2, 0.25) is 5.15 Å². The van der Waals surface area contributed by atoms with E-state index in [4.69, 9.17) is 16.6 Å². The number of aromatic nitrogens is 4. The summed E-state index contributed by atoms with van der Waals surface area (Å²) in [6, 6.07) is 7.57. The third kappa shape index (κ3) is 4.15. The Kier molecular flexibility index (Phi) is 5.08. The number of rotatable bonds is 3. The van der Waals surface area contributed by atoms with Crippen LogP contribution in [0.25, 0.3) is 22.3 Å². The maximum atomic E-state index is 12.5. The number of nitrogens with zero attached hydrogens (tertiary/aromatic N) is 5. The summed E-state index contributed by atoms with van der Waals surface area (Å²) in [6.45, 7) is 7.25. The highest BCUT2D eigenvalue weighted by molar-refractivity contribution is 6.29. The molecular formula is C21H23ClN6O.